The van der Waals surface area contributed by atoms with E-state index in [-0.39, 0.29) is 22.4 Å². The van der Waals surface area contributed by atoms with Crippen molar-refractivity contribution in [1.29, 1.82) is 0 Å². The van der Waals surface area contributed by atoms with Crippen LogP contribution in [-0.2, 0) is 26.0 Å². The number of hydrogen-bond donors (Lipinski definition) is 1. The summed E-state index contributed by atoms with van der Waals surface area (Å²) in [5.74, 6) is -0.157. The summed E-state index contributed by atoms with van der Waals surface area (Å²) >= 11 is 0. The number of esters is 1. The van der Waals surface area contributed by atoms with Gasteiger partial charge < -0.3 is 10.1 Å². The Morgan fingerprint density at radius 1 is 1.09 bits per heavy atom. The average Bonchev–Trinajstić information content (AvgIpc) is 3.26. The first-order valence-corrected chi connectivity index (χ1v) is 12.9. The minimum absolute atomic E-state index is 0.0168. The Bertz CT molecular complexity index is 1150. The van der Waals surface area contributed by atoms with E-state index in [1.54, 1.807) is 12.1 Å². The molecule has 1 fully saturated rings. The van der Waals surface area contributed by atoms with E-state index in [4.69, 9.17) is 4.74 Å². The molecule has 0 bridgehead atoms. The summed E-state index contributed by atoms with van der Waals surface area (Å²) in [6.07, 6.45) is 3.79. The topological polar surface area (TPSA) is 92.8 Å². The van der Waals surface area contributed by atoms with Crippen LogP contribution in [0, 0.1) is 11.8 Å². The van der Waals surface area contributed by atoms with Crippen LogP contribution in [0.2, 0.25) is 0 Å². The van der Waals surface area contributed by atoms with Crippen LogP contribution in [0.1, 0.15) is 49.0 Å². The van der Waals surface area contributed by atoms with Crippen molar-refractivity contribution in [2.45, 2.75) is 50.5 Å². The number of anilines is 1. The fraction of sp³-hybridized carbons (Fsp3) is 0.440. The molecule has 1 aliphatic carbocycles. The first-order chi connectivity index (χ1) is 15.8. The molecule has 0 saturated heterocycles. The summed E-state index contributed by atoms with van der Waals surface area (Å²) in [5, 5.41) is 2.97. The number of rotatable bonds is 6. The van der Waals surface area contributed by atoms with Crippen LogP contribution in [0.3, 0.4) is 0 Å². The average molecular weight is 471 g/mol. The van der Waals surface area contributed by atoms with Gasteiger partial charge in [0, 0.05) is 12.6 Å². The number of hydrogen-bond acceptors (Lipinski definition) is 5. The Morgan fingerprint density at radius 2 is 1.88 bits per heavy atom. The van der Waals surface area contributed by atoms with Gasteiger partial charge in [0.25, 0.3) is 15.9 Å². The second-order valence-electron chi connectivity index (χ2n) is 9.00. The van der Waals surface area contributed by atoms with Crippen molar-refractivity contribution in [2.24, 2.45) is 11.8 Å². The number of nitrogens with zero attached hydrogens (tertiary/aromatic N) is 1. The van der Waals surface area contributed by atoms with Crippen LogP contribution in [0.5, 0.6) is 0 Å². The van der Waals surface area contributed by atoms with E-state index in [9.17, 15) is 18.0 Å². The van der Waals surface area contributed by atoms with Crippen molar-refractivity contribution < 1.29 is 22.7 Å². The van der Waals surface area contributed by atoms with Crippen LogP contribution in [-0.4, -0.2) is 39.5 Å². The number of carbonyl (C=O) groups excluding carboxylic acids is 2. The van der Waals surface area contributed by atoms with Gasteiger partial charge in [0.15, 0.2) is 6.61 Å². The van der Waals surface area contributed by atoms with Crippen molar-refractivity contribution in [3.05, 3.63) is 59.7 Å². The van der Waals surface area contributed by atoms with Gasteiger partial charge in [-0.05, 0) is 54.5 Å². The maximum atomic E-state index is 13.2. The van der Waals surface area contributed by atoms with Crippen molar-refractivity contribution >= 4 is 27.6 Å². The molecule has 33 heavy (non-hydrogen) atoms. The maximum Gasteiger partial charge on any atom is 0.338 e. The summed E-state index contributed by atoms with van der Waals surface area (Å²) < 4.78 is 33.0. The number of fused-ring (bicyclic) bond motifs is 1. The normalized spacial score (nSPS) is 22.5. The van der Waals surface area contributed by atoms with Crippen LogP contribution < -0.4 is 9.62 Å². The van der Waals surface area contributed by atoms with Gasteiger partial charge in [-0.15, -0.1) is 0 Å². The van der Waals surface area contributed by atoms with Gasteiger partial charge in [0.2, 0.25) is 0 Å². The quantitative estimate of drug-likeness (QED) is 0.652. The molecule has 1 aliphatic heterocycles. The van der Waals surface area contributed by atoms with E-state index in [2.05, 4.69) is 19.2 Å². The van der Waals surface area contributed by atoms with Gasteiger partial charge in [-0.2, -0.15) is 0 Å². The van der Waals surface area contributed by atoms with Crippen LogP contribution >= 0.6 is 0 Å². The smallest absolute Gasteiger partial charge is 0.338 e. The number of nitrogens with one attached hydrogen (secondary N) is 1. The fourth-order valence-corrected chi connectivity index (χ4v) is 6.27. The Balaban J connectivity index is 1.40. The highest BCUT2D eigenvalue weighted by molar-refractivity contribution is 7.92. The molecular weight excluding hydrogens is 440 g/mol. The maximum absolute atomic E-state index is 13.2. The Kier molecular flexibility index (Phi) is 6.74. The molecule has 7 nitrogen and oxygen atoms in total. The SMILES string of the molecule is CC1CCCC(NC(=O)COC(=O)c2cccc(S(=O)(=O)N3CCc4ccccc43)c2)C1C. The van der Waals surface area contributed by atoms with Gasteiger partial charge in [-0.1, -0.05) is 51.0 Å². The first kappa shape index (κ1) is 23.3. The van der Waals surface area contributed by atoms with Crippen molar-refractivity contribution in [1.82, 2.24) is 5.32 Å². The minimum atomic E-state index is -3.82. The van der Waals surface area contributed by atoms with Gasteiger partial charge in [0.1, 0.15) is 0 Å². The molecule has 0 spiro atoms. The van der Waals surface area contributed by atoms with Crippen molar-refractivity contribution in [3.63, 3.8) is 0 Å². The standard InChI is InChI=1S/C25H30N2O5S/c1-17-7-5-11-22(18(17)2)26-24(28)16-32-25(29)20-9-6-10-21(15-20)33(30,31)27-14-13-19-8-3-4-12-23(19)27/h3-4,6,8-10,12,15,17-18,22H,5,7,11,13-14,16H2,1-2H3,(H,26,28). The predicted molar refractivity (Wildman–Crippen MR) is 126 cm³/mol. The van der Waals surface area contributed by atoms with E-state index < -0.39 is 22.6 Å². The van der Waals surface area contributed by atoms with Gasteiger partial charge >= 0.3 is 5.97 Å². The minimum Gasteiger partial charge on any atom is -0.452 e. The summed E-state index contributed by atoms with van der Waals surface area (Å²) in [6, 6.07) is 13.2. The van der Waals surface area contributed by atoms with Crippen molar-refractivity contribution in [3.8, 4) is 0 Å². The third-order valence-corrected chi connectivity index (χ3v) is 8.70. The molecule has 4 rings (SSSR count). The zero-order chi connectivity index (χ0) is 23.6. The Hall–Kier alpha value is -2.87. The zero-order valence-corrected chi connectivity index (χ0v) is 19.8. The van der Waals surface area contributed by atoms with Crippen molar-refractivity contribution in [2.75, 3.05) is 17.5 Å². The van der Waals surface area contributed by atoms with Gasteiger partial charge in [0.05, 0.1) is 16.1 Å². The van der Waals surface area contributed by atoms with Crippen LogP contribution in [0.4, 0.5) is 5.69 Å². The van der Waals surface area contributed by atoms with E-state index in [1.165, 1.54) is 28.6 Å². The van der Waals surface area contributed by atoms with E-state index >= 15 is 0 Å². The number of para-hydroxylation sites is 1. The molecule has 1 amide bonds. The summed E-state index contributed by atoms with van der Waals surface area (Å²) in [6.45, 7) is 4.28. The molecule has 0 radical (unpaired) electrons. The molecule has 1 saturated carbocycles. The molecule has 2 aliphatic rings. The van der Waals surface area contributed by atoms with Crippen LogP contribution in [0.25, 0.3) is 0 Å². The lowest BCUT2D eigenvalue weighted by Crippen LogP contribution is -2.45. The second kappa shape index (κ2) is 9.55. The number of sulfonamides is 1. The molecule has 8 heteroatoms. The third-order valence-electron chi connectivity index (χ3n) is 6.89. The number of amides is 1. The van der Waals surface area contributed by atoms with E-state index in [1.807, 2.05) is 12.1 Å². The predicted octanol–water partition coefficient (Wildman–Crippen LogP) is 3.54. The molecular formula is C25H30N2O5S. The molecule has 176 valence electrons. The lowest BCUT2D eigenvalue weighted by molar-refractivity contribution is -0.125. The number of benzene rings is 2. The molecule has 3 unspecified atom stereocenters. The Labute approximate surface area is 195 Å². The third kappa shape index (κ3) is 4.90. The lowest BCUT2D eigenvalue weighted by Gasteiger charge is -2.34. The van der Waals surface area contributed by atoms with Gasteiger partial charge in [-0.25, -0.2) is 13.2 Å². The highest BCUT2D eigenvalue weighted by atomic mass is 32.2. The number of ether oxygens (including phenoxy) is 1. The van der Waals surface area contributed by atoms with Crippen LogP contribution in [0.15, 0.2) is 53.4 Å². The summed E-state index contributed by atoms with van der Waals surface area (Å²) in [4.78, 5) is 24.9. The summed E-state index contributed by atoms with van der Waals surface area (Å²) in [7, 11) is -3.82. The summed E-state index contributed by atoms with van der Waals surface area (Å²) in [5.41, 5.74) is 1.73. The molecule has 2 aromatic carbocycles. The molecule has 2 aromatic rings. The molecule has 1 N–H and O–H groups in total. The van der Waals surface area contributed by atoms with E-state index in [0.717, 1.165) is 24.8 Å². The lowest BCUT2D eigenvalue weighted by atomic mass is 9.78. The van der Waals surface area contributed by atoms with Gasteiger partial charge in [-0.3, -0.25) is 9.10 Å². The Morgan fingerprint density at radius 3 is 2.70 bits per heavy atom. The second-order valence-corrected chi connectivity index (χ2v) is 10.9. The number of carbonyl (C=O) groups is 2. The highest BCUT2D eigenvalue weighted by Crippen LogP contribution is 2.33. The fourth-order valence-electron chi connectivity index (χ4n) is 4.72. The van der Waals surface area contributed by atoms with E-state index in [0.29, 0.717) is 30.5 Å². The molecule has 3 atom stereocenters. The molecule has 1 heterocycles. The first-order valence-electron chi connectivity index (χ1n) is 11.4. The molecule has 0 aromatic heterocycles. The largest absolute Gasteiger partial charge is 0.452 e. The monoisotopic (exact) mass is 470 g/mol. The highest BCUT2D eigenvalue weighted by Gasteiger charge is 2.31. The zero-order valence-electron chi connectivity index (χ0n) is 19.0.